The summed E-state index contributed by atoms with van der Waals surface area (Å²) in [6.45, 7) is 7.05. The van der Waals surface area contributed by atoms with E-state index < -0.39 is 0 Å². The van der Waals surface area contributed by atoms with Crippen LogP contribution in [0.4, 0.5) is 0 Å². The summed E-state index contributed by atoms with van der Waals surface area (Å²) in [5, 5.41) is 0. The predicted molar refractivity (Wildman–Crippen MR) is 88.4 cm³/mol. The number of nitrogens with zero attached hydrogens (tertiary/aromatic N) is 1. The zero-order valence-electron chi connectivity index (χ0n) is 13.8. The third kappa shape index (κ3) is 13.7. The minimum atomic E-state index is 1.17. The predicted octanol–water partition coefficient (Wildman–Crippen LogP) is 5.34. The minimum absolute atomic E-state index is 1.17. The van der Waals surface area contributed by atoms with Crippen molar-refractivity contribution in [1.29, 1.82) is 0 Å². The molecule has 0 fully saturated rings. The molecule has 0 heterocycles. The highest BCUT2D eigenvalue weighted by Gasteiger charge is 2.12. The highest BCUT2D eigenvalue weighted by Crippen LogP contribution is 2.08. The Labute approximate surface area is 122 Å². The van der Waals surface area contributed by atoms with Gasteiger partial charge in [-0.3, -0.25) is 0 Å². The third-order valence-corrected chi connectivity index (χ3v) is 3.57. The molecule has 0 amide bonds. The van der Waals surface area contributed by atoms with Gasteiger partial charge in [-0.05, 0) is 51.4 Å². The fourth-order valence-electron chi connectivity index (χ4n) is 2.28. The summed E-state index contributed by atoms with van der Waals surface area (Å²) in [4.78, 5) is 0. The van der Waals surface area contributed by atoms with Crippen LogP contribution in [0.15, 0.2) is 24.3 Å². The molecule has 0 atom stereocenters. The van der Waals surface area contributed by atoms with E-state index in [-0.39, 0.29) is 0 Å². The molecule has 0 bridgehead atoms. The Morgan fingerprint density at radius 3 is 1.42 bits per heavy atom. The SMILES string of the molecule is CC/C=C/CCCC[N+](C)(C)CCCC/C=C/CC. The van der Waals surface area contributed by atoms with Gasteiger partial charge in [0, 0.05) is 0 Å². The fraction of sp³-hybridized carbons (Fsp3) is 0.778. The standard InChI is InChI=1S/C18H36N/c1-5-7-9-11-13-15-17-19(3,4)18-16-14-12-10-8-6-2/h7-10H,5-6,11-18H2,1-4H3/q+1/b9-7+,10-8+. The number of allylic oxidation sites excluding steroid dienone is 4. The molecular weight excluding hydrogens is 230 g/mol. The summed E-state index contributed by atoms with van der Waals surface area (Å²) in [5.41, 5.74) is 0. The quantitative estimate of drug-likeness (QED) is 0.254. The van der Waals surface area contributed by atoms with Crippen LogP contribution < -0.4 is 0 Å². The molecule has 0 aromatic rings. The second kappa shape index (κ2) is 12.5. The van der Waals surface area contributed by atoms with Crippen molar-refractivity contribution < 1.29 is 4.48 Å². The normalized spacial score (nSPS) is 12.8. The van der Waals surface area contributed by atoms with Crippen LogP contribution in [0.1, 0.15) is 65.2 Å². The average Bonchev–Trinajstić information content (AvgIpc) is 2.38. The van der Waals surface area contributed by atoms with Crippen molar-refractivity contribution in [2.24, 2.45) is 0 Å². The van der Waals surface area contributed by atoms with Gasteiger partial charge in [-0.1, -0.05) is 38.2 Å². The first-order chi connectivity index (χ1) is 9.12. The summed E-state index contributed by atoms with van der Waals surface area (Å²) in [6, 6.07) is 0. The van der Waals surface area contributed by atoms with Gasteiger partial charge in [-0.25, -0.2) is 0 Å². The second-order valence-corrected chi connectivity index (χ2v) is 6.13. The van der Waals surface area contributed by atoms with Crippen molar-refractivity contribution in [3.05, 3.63) is 24.3 Å². The Bertz CT molecular complexity index is 214. The van der Waals surface area contributed by atoms with Crippen LogP contribution in [0.3, 0.4) is 0 Å². The zero-order chi connectivity index (χ0) is 14.4. The molecule has 112 valence electrons. The lowest BCUT2D eigenvalue weighted by Gasteiger charge is -2.29. The van der Waals surface area contributed by atoms with Crippen LogP contribution in [-0.4, -0.2) is 31.7 Å². The average molecular weight is 266 g/mol. The summed E-state index contributed by atoms with van der Waals surface area (Å²) in [7, 11) is 4.76. The number of unbranched alkanes of at least 4 members (excludes halogenated alkanes) is 4. The Hall–Kier alpha value is -0.560. The van der Waals surface area contributed by atoms with Gasteiger partial charge in [0.15, 0.2) is 0 Å². The Morgan fingerprint density at radius 2 is 1.05 bits per heavy atom. The first-order valence-electron chi connectivity index (χ1n) is 8.24. The van der Waals surface area contributed by atoms with Crippen LogP contribution in [0.25, 0.3) is 0 Å². The lowest BCUT2D eigenvalue weighted by atomic mass is 10.1. The van der Waals surface area contributed by atoms with Gasteiger partial charge in [-0.15, -0.1) is 0 Å². The van der Waals surface area contributed by atoms with Gasteiger partial charge in [0.1, 0.15) is 0 Å². The van der Waals surface area contributed by atoms with Crippen molar-refractivity contribution in [2.75, 3.05) is 27.2 Å². The van der Waals surface area contributed by atoms with E-state index in [4.69, 9.17) is 0 Å². The highest BCUT2D eigenvalue weighted by molar-refractivity contribution is 4.80. The van der Waals surface area contributed by atoms with Gasteiger partial charge in [-0.2, -0.15) is 0 Å². The molecule has 19 heavy (non-hydrogen) atoms. The Balaban J connectivity index is 3.51. The molecule has 0 rings (SSSR count). The van der Waals surface area contributed by atoms with Crippen LogP contribution in [0.2, 0.25) is 0 Å². The fourth-order valence-corrected chi connectivity index (χ4v) is 2.28. The Kier molecular flexibility index (Phi) is 12.1. The molecule has 1 nitrogen and oxygen atoms in total. The molecule has 0 aliphatic heterocycles. The molecule has 0 spiro atoms. The van der Waals surface area contributed by atoms with E-state index in [2.05, 4.69) is 52.2 Å². The maximum atomic E-state index is 2.38. The molecule has 0 N–H and O–H groups in total. The van der Waals surface area contributed by atoms with Gasteiger partial charge >= 0.3 is 0 Å². The van der Waals surface area contributed by atoms with Gasteiger partial charge in [0.05, 0.1) is 27.2 Å². The van der Waals surface area contributed by atoms with Crippen molar-refractivity contribution in [3.63, 3.8) is 0 Å². The third-order valence-electron chi connectivity index (χ3n) is 3.57. The van der Waals surface area contributed by atoms with Crippen LogP contribution in [-0.2, 0) is 0 Å². The van der Waals surface area contributed by atoms with Crippen LogP contribution in [0.5, 0.6) is 0 Å². The molecule has 0 aliphatic carbocycles. The Morgan fingerprint density at radius 1 is 0.632 bits per heavy atom. The van der Waals surface area contributed by atoms with E-state index in [1.165, 1.54) is 68.9 Å². The summed E-state index contributed by atoms with van der Waals surface area (Å²) >= 11 is 0. The number of hydrogen-bond donors (Lipinski definition) is 0. The van der Waals surface area contributed by atoms with E-state index in [9.17, 15) is 0 Å². The molecule has 0 aromatic heterocycles. The van der Waals surface area contributed by atoms with Crippen molar-refractivity contribution in [2.45, 2.75) is 65.2 Å². The summed E-state index contributed by atoms with van der Waals surface area (Å²) in [6.07, 6.45) is 19.5. The first kappa shape index (κ1) is 18.4. The molecule has 1 heteroatoms. The van der Waals surface area contributed by atoms with E-state index in [0.717, 1.165) is 0 Å². The lowest BCUT2D eigenvalue weighted by Crippen LogP contribution is -2.41. The second-order valence-electron chi connectivity index (χ2n) is 6.13. The van der Waals surface area contributed by atoms with E-state index >= 15 is 0 Å². The number of rotatable bonds is 12. The molecule has 0 aliphatic rings. The molecule has 0 saturated heterocycles. The smallest absolute Gasteiger partial charge is 0.0782 e. The van der Waals surface area contributed by atoms with Gasteiger partial charge in [0.2, 0.25) is 0 Å². The van der Waals surface area contributed by atoms with Gasteiger partial charge < -0.3 is 4.48 Å². The monoisotopic (exact) mass is 266 g/mol. The molecule has 0 radical (unpaired) electrons. The summed E-state index contributed by atoms with van der Waals surface area (Å²) < 4.78 is 1.19. The zero-order valence-corrected chi connectivity index (χ0v) is 13.8. The van der Waals surface area contributed by atoms with Crippen molar-refractivity contribution in [1.82, 2.24) is 0 Å². The number of quaternary nitrogens is 1. The maximum absolute atomic E-state index is 2.38. The van der Waals surface area contributed by atoms with Crippen molar-refractivity contribution in [3.8, 4) is 0 Å². The van der Waals surface area contributed by atoms with Crippen LogP contribution >= 0.6 is 0 Å². The molecule has 0 unspecified atom stereocenters. The highest BCUT2D eigenvalue weighted by atomic mass is 15.3. The largest absolute Gasteiger partial charge is 0.328 e. The molecule has 0 aromatic carbocycles. The van der Waals surface area contributed by atoms with E-state index in [1.807, 2.05) is 0 Å². The first-order valence-corrected chi connectivity index (χ1v) is 8.24. The maximum Gasteiger partial charge on any atom is 0.0782 e. The van der Waals surface area contributed by atoms with Gasteiger partial charge in [0.25, 0.3) is 0 Å². The molecule has 0 saturated carbocycles. The number of hydrogen-bond acceptors (Lipinski definition) is 0. The summed E-state index contributed by atoms with van der Waals surface area (Å²) in [5.74, 6) is 0. The van der Waals surface area contributed by atoms with Crippen molar-refractivity contribution >= 4 is 0 Å². The minimum Gasteiger partial charge on any atom is -0.328 e. The topological polar surface area (TPSA) is 0 Å². The lowest BCUT2D eigenvalue weighted by molar-refractivity contribution is -0.890. The molecular formula is C18H36N+. The van der Waals surface area contributed by atoms with Crippen LogP contribution in [0, 0.1) is 0 Å². The van der Waals surface area contributed by atoms with E-state index in [1.54, 1.807) is 0 Å². The van der Waals surface area contributed by atoms with E-state index in [0.29, 0.717) is 0 Å².